The van der Waals surface area contributed by atoms with E-state index in [1.54, 1.807) is 0 Å². The van der Waals surface area contributed by atoms with E-state index in [9.17, 15) is 4.79 Å². The topological polar surface area (TPSA) is 41.6 Å². The molecular weight excluding hydrogens is 360 g/mol. The van der Waals surface area contributed by atoms with E-state index in [-0.39, 0.29) is 12.1 Å². The van der Waals surface area contributed by atoms with E-state index >= 15 is 0 Å². The Balaban J connectivity index is 1.66. The number of hydrogen-bond acceptors (Lipinski definition) is 3. The van der Waals surface area contributed by atoms with Gasteiger partial charge in [0, 0.05) is 12.2 Å². The molecule has 4 nitrogen and oxygen atoms in total. The summed E-state index contributed by atoms with van der Waals surface area (Å²) in [5.74, 6) is 0.997. The van der Waals surface area contributed by atoms with Crippen LogP contribution in [0.15, 0.2) is 48.5 Å². The maximum atomic E-state index is 13.1. The van der Waals surface area contributed by atoms with E-state index in [1.165, 1.54) is 25.7 Å². The molecule has 2 aromatic carbocycles. The molecule has 1 unspecified atom stereocenters. The summed E-state index contributed by atoms with van der Waals surface area (Å²) in [5.41, 5.74) is 2.74. The molecule has 0 spiro atoms. The van der Waals surface area contributed by atoms with Crippen LogP contribution >= 0.6 is 0 Å². The van der Waals surface area contributed by atoms with E-state index in [0.717, 1.165) is 55.0 Å². The minimum Gasteiger partial charge on any atom is -0.494 e. The van der Waals surface area contributed by atoms with Crippen LogP contribution in [0.1, 0.15) is 80.9 Å². The quantitative estimate of drug-likeness (QED) is 0.448. The Bertz CT molecular complexity index is 773. The number of anilines is 1. The Labute approximate surface area is 175 Å². The number of para-hydroxylation sites is 1. The number of fused-ring (bicyclic) bond motifs is 1. The fourth-order valence-corrected chi connectivity index (χ4v) is 3.76. The average molecular weight is 395 g/mol. The standard InChI is InChI=1S/C25H34N2O2/c1-3-5-7-8-11-19-29-21-16-14-20(15-17-21)24-26-23-13-10-9-12-22(23)25(28)27(24)18-6-4-2/h9-10,12-17,24,26H,3-8,11,18-19H2,1-2H3. The number of nitrogens with zero attached hydrogens (tertiary/aromatic N) is 1. The smallest absolute Gasteiger partial charge is 0.257 e. The van der Waals surface area contributed by atoms with Crippen molar-refractivity contribution >= 4 is 11.6 Å². The molecule has 1 atom stereocenters. The molecule has 1 amide bonds. The molecule has 0 bridgehead atoms. The summed E-state index contributed by atoms with van der Waals surface area (Å²) < 4.78 is 5.90. The van der Waals surface area contributed by atoms with E-state index in [1.807, 2.05) is 41.3 Å². The molecule has 1 aliphatic rings. The molecule has 0 saturated carbocycles. The van der Waals surface area contributed by atoms with Gasteiger partial charge in [-0.15, -0.1) is 0 Å². The first-order chi connectivity index (χ1) is 14.2. The molecule has 1 aliphatic heterocycles. The van der Waals surface area contributed by atoms with E-state index in [2.05, 4.69) is 31.3 Å². The third-order valence-corrected chi connectivity index (χ3v) is 5.49. The molecule has 0 radical (unpaired) electrons. The first kappa shape index (κ1) is 21.2. The lowest BCUT2D eigenvalue weighted by Gasteiger charge is -2.38. The summed E-state index contributed by atoms with van der Waals surface area (Å²) in [4.78, 5) is 15.0. The lowest BCUT2D eigenvalue weighted by molar-refractivity contribution is 0.0680. The second-order valence-electron chi connectivity index (χ2n) is 7.78. The minimum absolute atomic E-state index is 0.102. The van der Waals surface area contributed by atoms with Gasteiger partial charge >= 0.3 is 0 Å². The lowest BCUT2D eigenvalue weighted by Crippen LogP contribution is -2.43. The zero-order valence-corrected chi connectivity index (χ0v) is 17.8. The molecule has 156 valence electrons. The van der Waals surface area contributed by atoms with Crippen LogP contribution in [-0.4, -0.2) is 24.0 Å². The molecule has 4 heteroatoms. The molecule has 1 heterocycles. The predicted molar refractivity (Wildman–Crippen MR) is 119 cm³/mol. The van der Waals surface area contributed by atoms with Crippen LogP contribution in [0.4, 0.5) is 5.69 Å². The highest BCUT2D eigenvalue weighted by Crippen LogP contribution is 2.33. The molecular formula is C25H34N2O2. The van der Waals surface area contributed by atoms with E-state index in [4.69, 9.17) is 4.74 Å². The number of unbranched alkanes of at least 4 members (excludes halogenated alkanes) is 5. The molecule has 1 N–H and O–H groups in total. The molecule has 2 aromatic rings. The van der Waals surface area contributed by atoms with Crippen LogP contribution in [0.3, 0.4) is 0 Å². The van der Waals surface area contributed by atoms with Crippen molar-refractivity contribution in [2.75, 3.05) is 18.5 Å². The van der Waals surface area contributed by atoms with Crippen molar-refractivity contribution in [1.82, 2.24) is 4.90 Å². The van der Waals surface area contributed by atoms with Gasteiger partial charge in [-0.2, -0.15) is 0 Å². The van der Waals surface area contributed by atoms with Gasteiger partial charge in [-0.3, -0.25) is 4.79 Å². The molecule has 29 heavy (non-hydrogen) atoms. The highest BCUT2D eigenvalue weighted by atomic mass is 16.5. The zero-order chi connectivity index (χ0) is 20.5. The van der Waals surface area contributed by atoms with E-state index < -0.39 is 0 Å². The first-order valence-electron chi connectivity index (χ1n) is 11.1. The number of benzene rings is 2. The maximum absolute atomic E-state index is 13.1. The molecule has 3 rings (SSSR count). The molecule has 0 aromatic heterocycles. The number of ether oxygens (including phenoxy) is 1. The third-order valence-electron chi connectivity index (χ3n) is 5.49. The second-order valence-corrected chi connectivity index (χ2v) is 7.78. The van der Waals surface area contributed by atoms with Gasteiger partial charge in [0.05, 0.1) is 12.2 Å². The van der Waals surface area contributed by atoms with Crippen LogP contribution in [0, 0.1) is 0 Å². The van der Waals surface area contributed by atoms with Gasteiger partial charge in [0.2, 0.25) is 0 Å². The van der Waals surface area contributed by atoms with Gasteiger partial charge in [0.25, 0.3) is 5.91 Å². The molecule has 0 saturated heterocycles. The Morgan fingerprint density at radius 3 is 2.38 bits per heavy atom. The summed E-state index contributed by atoms with van der Waals surface area (Å²) in [6.07, 6.45) is 8.09. The van der Waals surface area contributed by atoms with Crippen LogP contribution in [0.2, 0.25) is 0 Å². The van der Waals surface area contributed by atoms with Crippen LogP contribution in [0.5, 0.6) is 5.75 Å². The minimum atomic E-state index is -0.146. The lowest BCUT2D eigenvalue weighted by atomic mass is 10.0. The third kappa shape index (κ3) is 5.53. The molecule has 0 aliphatic carbocycles. The van der Waals surface area contributed by atoms with Crippen LogP contribution in [-0.2, 0) is 0 Å². The Morgan fingerprint density at radius 1 is 0.897 bits per heavy atom. The van der Waals surface area contributed by atoms with Crippen LogP contribution < -0.4 is 10.1 Å². The SMILES string of the molecule is CCCCCCCOc1ccc(C2Nc3ccccc3C(=O)N2CCCC)cc1. The van der Waals surface area contributed by atoms with Crippen molar-refractivity contribution in [3.63, 3.8) is 0 Å². The number of carbonyl (C=O) groups excluding carboxylic acids is 1. The van der Waals surface area contributed by atoms with Gasteiger partial charge in [-0.25, -0.2) is 0 Å². The largest absolute Gasteiger partial charge is 0.494 e. The average Bonchev–Trinajstić information content (AvgIpc) is 2.76. The van der Waals surface area contributed by atoms with Crippen molar-refractivity contribution in [3.8, 4) is 5.75 Å². The normalized spacial score (nSPS) is 15.7. The monoisotopic (exact) mass is 394 g/mol. The van der Waals surface area contributed by atoms with Crippen LogP contribution in [0.25, 0.3) is 0 Å². The highest BCUT2D eigenvalue weighted by molar-refractivity contribution is 6.01. The number of carbonyl (C=O) groups is 1. The summed E-state index contributed by atoms with van der Waals surface area (Å²) in [7, 11) is 0. The number of nitrogens with one attached hydrogen (secondary N) is 1. The zero-order valence-electron chi connectivity index (χ0n) is 17.8. The predicted octanol–water partition coefficient (Wildman–Crippen LogP) is 6.40. The number of hydrogen-bond donors (Lipinski definition) is 1. The van der Waals surface area contributed by atoms with Crippen molar-refractivity contribution in [1.29, 1.82) is 0 Å². The number of amides is 1. The van der Waals surface area contributed by atoms with E-state index in [0.29, 0.717) is 0 Å². The van der Waals surface area contributed by atoms with Crippen molar-refractivity contribution < 1.29 is 9.53 Å². The van der Waals surface area contributed by atoms with Gasteiger partial charge < -0.3 is 15.0 Å². The Hall–Kier alpha value is -2.49. The maximum Gasteiger partial charge on any atom is 0.257 e. The summed E-state index contributed by atoms with van der Waals surface area (Å²) in [6.45, 7) is 5.89. The second kappa shape index (κ2) is 10.9. The molecule has 0 fully saturated rings. The van der Waals surface area contributed by atoms with Gasteiger partial charge in [-0.1, -0.05) is 70.2 Å². The Morgan fingerprint density at radius 2 is 1.62 bits per heavy atom. The van der Waals surface area contributed by atoms with Gasteiger partial charge in [0.1, 0.15) is 11.9 Å². The number of rotatable bonds is 11. The van der Waals surface area contributed by atoms with Crippen molar-refractivity contribution in [3.05, 3.63) is 59.7 Å². The summed E-state index contributed by atoms with van der Waals surface area (Å²) in [6, 6.07) is 16.0. The fraction of sp³-hybridized carbons (Fsp3) is 0.480. The summed E-state index contributed by atoms with van der Waals surface area (Å²) >= 11 is 0. The first-order valence-corrected chi connectivity index (χ1v) is 11.1. The van der Waals surface area contributed by atoms with Gasteiger partial charge in [0.15, 0.2) is 0 Å². The summed E-state index contributed by atoms with van der Waals surface area (Å²) in [5, 5.41) is 3.56. The van der Waals surface area contributed by atoms with Crippen molar-refractivity contribution in [2.45, 2.75) is 65.0 Å². The fourth-order valence-electron chi connectivity index (χ4n) is 3.76. The Kier molecular flexibility index (Phi) is 7.97. The van der Waals surface area contributed by atoms with Crippen molar-refractivity contribution in [2.24, 2.45) is 0 Å². The van der Waals surface area contributed by atoms with Gasteiger partial charge in [-0.05, 0) is 42.7 Å². The highest BCUT2D eigenvalue weighted by Gasteiger charge is 2.32.